The van der Waals surface area contributed by atoms with Crippen molar-refractivity contribution in [1.29, 1.82) is 0 Å². The number of aromatic nitrogens is 3. The summed E-state index contributed by atoms with van der Waals surface area (Å²) in [4.78, 5) is 31.9. The van der Waals surface area contributed by atoms with Gasteiger partial charge in [0.05, 0.1) is 27.9 Å². The van der Waals surface area contributed by atoms with Crippen LogP contribution in [0.3, 0.4) is 0 Å². The van der Waals surface area contributed by atoms with Crippen molar-refractivity contribution in [3.63, 3.8) is 0 Å². The molecule has 7 heteroatoms. The zero-order valence-electron chi connectivity index (χ0n) is 16.5. The van der Waals surface area contributed by atoms with E-state index < -0.39 is 0 Å². The van der Waals surface area contributed by atoms with Crippen LogP contribution < -0.4 is 5.32 Å². The number of carbonyl (C=O) groups is 2. The molecule has 4 rings (SSSR count). The molecule has 1 aliphatic rings. The number of para-hydroxylation sites is 1. The number of nitrogens with one attached hydrogen (secondary N) is 1. The number of benzene rings is 1. The second kappa shape index (κ2) is 6.74. The van der Waals surface area contributed by atoms with Crippen LogP contribution in [0.4, 0.5) is 5.69 Å². The van der Waals surface area contributed by atoms with E-state index in [1.54, 1.807) is 43.0 Å². The van der Waals surface area contributed by atoms with Gasteiger partial charge in [0.2, 0.25) is 0 Å². The zero-order chi connectivity index (χ0) is 20.0. The van der Waals surface area contributed by atoms with E-state index >= 15 is 0 Å². The third-order valence-electron chi connectivity index (χ3n) is 5.04. The predicted octanol–water partition coefficient (Wildman–Crippen LogP) is 3.11. The molecule has 1 aliphatic carbocycles. The van der Waals surface area contributed by atoms with Crippen molar-refractivity contribution >= 4 is 28.5 Å². The molecule has 1 aromatic carbocycles. The van der Waals surface area contributed by atoms with Crippen LogP contribution in [0.5, 0.6) is 0 Å². The molecule has 0 bridgehead atoms. The van der Waals surface area contributed by atoms with Gasteiger partial charge in [0.25, 0.3) is 11.8 Å². The smallest absolute Gasteiger partial charge is 0.256 e. The van der Waals surface area contributed by atoms with Gasteiger partial charge in [-0.15, -0.1) is 0 Å². The Hall–Kier alpha value is -3.22. The van der Waals surface area contributed by atoms with Crippen LogP contribution in [-0.4, -0.2) is 45.6 Å². The van der Waals surface area contributed by atoms with Gasteiger partial charge in [0.1, 0.15) is 0 Å². The number of nitrogens with zero attached hydrogens (tertiary/aromatic N) is 4. The minimum Gasteiger partial charge on any atom is -0.345 e. The lowest BCUT2D eigenvalue weighted by atomic mass is 10.1. The fourth-order valence-corrected chi connectivity index (χ4v) is 3.44. The van der Waals surface area contributed by atoms with Crippen LogP contribution in [0.25, 0.3) is 11.0 Å². The van der Waals surface area contributed by atoms with Crippen molar-refractivity contribution in [1.82, 2.24) is 19.7 Å². The summed E-state index contributed by atoms with van der Waals surface area (Å²) in [6, 6.07) is 8.92. The molecular formula is C21H23N5O2. The van der Waals surface area contributed by atoms with Gasteiger partial charge >= 0.3 is 0 Å². The van der Waals surface area contributed by atoms with Crippen molar-refractivity contribution in [2.45, 2.75) is 25.7 Å². The first-order valence-electron chi connectivity index (χ1n) is 9.33. The molecule has 0 spiro atoms. The van der Waals surface area contributed by atoms with Gasteiger partial charge in [-0.1, -0.05) is 12.1 Å². The van der Waals surface area contributed by atoms with Crippen LogP contribution in [0.1, 0.15) is 50.9 Å². The normalized spacial score (nSPS) is 13.6. The molecule has 2 heterocycles. The molecule has 1 fully saturated rings. The maximum atomic E-state index is 13.2. The Bertz CT molecular complexity index is 1100. The SMILES string of the molecule is Cc1nn(C)c2nc(C3CC3)cc(C(=O)Nc3ccccc3C(=O)N(C)C)c12. The number of amides is 2. The molecule has 2 aromatic heterocycles. The topological polar surface area (TPSA) is 80.1 Å². The molecular weight excluding hydrogens is 354 g/mol. The van der Waals surface area contributed by atoms with Crippen molar-refractivity contribution in [3.05, 3.63) is 52.8 Å². The number of rotatable bonds is 4. The molecule has 0 aliphatic heterocycles. The summed E-state index contributed by atoms with van der Waals surface area (Å²) < 4.78 is 1.72. The summed E-state index contributed by atoms with van der Waals surface area (Å²) in [7, 11) is 5.22. The van der Waals surface area contributed by atoms with Gasteiger partial charge in [0, 0.05) is 32.8 Å². The van der Waals surface area contributed by atoms with E-state index in [-0.39, 0.29) is 11.8 Å². The number of hydrogen-bond donors (Lipinski definition) is 1. The molecule has 144 valence electrons. The Morgan fingerprint density at radius 2 is 1.89 bits per heavy atom. The summed E-state index contributed by atoms with van der Waals surface area (Å²) in [5.41, 5.74) is 3.89. The van der Waals surface area contributed by atoms with E-state index in [1.807, 2.05) is 20.0 Å². The monoisotopic (exact) mass is 377 g/mol. The molecule has 0 unspecified atom stereocenters. The first-order valence-corrected chi connectivity index (χ1v) is 9.33. The molecule has 0 radical (unpaired) electrons. The molecule has 7 nitrogen and oxygen atoms in total. The maximum absolute atomic E-state index is 13.2. The number of carbonyl (C=O) groups excluding carboxylic acids is 2. The average Bonchev–Trinajstić information content (AvgIpc) is 3.47. The highest BCUT2D eigenvalue weighted by Gasteiger charge is 2.28. The second-order valence-electron chi connectivity index (χ2n) is 7.48. The highest BCUT2D eigenvalue weighted by Crippen LogP contribution is 2.40. The standard InChI is InChI=1S/C21H23N5O2/c1-12-18-15(11-17(13-9-10-13)22-19(18)26(4)24-12)20(27)23-16-8-6-5-7-14(16)21(28)25(2)3/h5-8,11,13H,9-10H2,1-4H3,(H,23,27). The Morgan fingerprint density at radius 3 is 2.57 bits per heavy atom. The largest absolute Gasteiger partial charge is 0.345 e. The summed E-state index contributed by atoms with van der Waals surface area (Å²) >= 11 is 0. The summed E-state index contributed by atoms with van der Waals surface area (Å²) in [6.45, 7) is 1.88. The Labute approximate surface area is 163 Å². The first-order chi connectivity index (χ1) is 13.4. The van der Waals surface area contributed by atoms with Crippen LogP contribution in [-0.2, 0) is 7.05 Å². The van der Waals surface area contributed by atoms with E-state index in [9.17, 15) is 9.59 Å². The van der Waals surface area contributed by atoms with Gasteiger partial charge < -0.3 is 10.2 Å². The van der Waals surface area contributed by atoms with Crippen LogP contribution in [0, 0.1) is 6.92 Å². The van der Waals surface area contributed by atoms with E-state index in [0.717, 1.165) is 29.6 Å². The summed E-state index contributed by atoms with van der Waals surface area (Å²) in [5.74, 6) is -0.00910. The third-order valence-corrected chi connectivity index (χ3v) is 5.04. The van der Waals surface area contributed by atoms with Crippen molar-refractivity contribution < 1.29 is 9.59 Å². The fourth-order valence-electron chi connectivity index (χ4n) is 3.44. The quantitative estimate of drug-likeness (QED) is 0.758. The lowest BCUT2D eigenvalue weighted by molar-refractivity contribution is 0.0828. The van der Waals surface area contributed by atoms with Crippen molar-refractivity contribution in [2.75, 3.05) is 19.4 Å². The number of hydrogen-bond acceptors (Lipinski definition) is 4. The van der Waals surface area contributed by atoms with E-state index in [2.05, 4.69) is 10.4 Å². The number of fused-ring (bicyclic) bond motifs is 1. The molecule has 0 saturated heterocycles. The van der Waals surface area contributed by atoms with Crippen LogP contribution in [0.15, 0.2) is 30.3 Å². The van der Waals surface area contributed by atoms with Gasteiger partial charge in [-0.2, -0.15) is 5.10 Å². The molecule has 28 heavy (non-hydrogen) atoms. The Kier molecular flexibility index (Phi) is 4.37. The highest BCUT2D eigenvalue weighted by atomic mass is 16.2. The zero-order valence-corrected chi connectivity index (χ0v) is 16.5. The maximum Gasteiger partial charge on any atom is 0.256 e. The minimum absolute atomic E-state index is 0.160. The number of anilines is 1. The minimum atomic E-state index is -0.260. The van der Waals surface area contributed by atoms with Gasteiger partial charge in [-0.3, -0.25) is 14.3 Å². The predicted molar refractivity (Wildman–Crippen MR) is 108 cm³/mol. The summed E-state index contributed by atoms with van der Waals surface area (Å²) in [5, 5.41) is 8.12. The van der Waals surface area contributed by atoms with Gasteiger partial charge in [-0.05, 0) is 38.0 Å². The molecule has 1 N–H and O–H groups in total. The van der Waals surface area contributed by atoms with Gasteiger partial charge in [0.15, 0.2) is 5.65 Å². The second-order valence-corrected chi connectivity index (χ2v) is 7.48. The van der Waals surface area contributed by atoms with Crippen LogP contribution in [0.2, 0.25) is 0 Å². The number of aryl methyl sites for hydroxylation is 2. The fraction of sp³-hybridized carbons (Fsp3) is 0.333. The average molecular weight is 377 g/mol. The lowest BCUT2D eigenvalue weighted by Crippen LogP contribution is -2.24. The Morgan fingerprint density at radius 1 is 1.18 bits per heavy atom. The number of pyridine rings is 1. The van der Waals surface area contributed by atoms with Crippen molar-refractivity contribution in [2.24, 2.45) is 7.05 Å². The summed E-state index contributed by atoms with van der Waals surface area (Å²) in [6.07, 6.45) is 2.19. The molecule has 2 amide bonds. The molecule has 3 aromatic rings. The molecule has 0 atom stereocenters. The highest BCUT2D eigenvalue weighted by molar-refractivity contribution is 6.14. The third kappa shape index (κ3) is 3.13. The van der Waals surface area contributed by atoms with E-state index in [1.165, 1.54) is 4.90 Å². The molecule has 1 saturated carbocycles. The lowest BCUT2D eigenvalue weighted by Gasteiger charge is -2.15. The first kappa shape index (κ1) is 18.2. The van der Waals surface area contributed by atoms with E-state index in [4.69, 9.17) is 4.98 Å². The van der Waals surface area contributed by atoms with Crippen LogP contribution >= 0.6 is 0 Å². The Balaban J connectivity index is 1.77. The van der Waals surface area contributed by atoms with Crippen molar-refractivity contribution in [3.8, 4) is 0 Å². The van der Waals surface area contributed by atoms with Gasteiger partial charge in [-0.25, -0.2) is 4.98 Å². The van der Waals surface area contributed by atoms with E-state index in [0.29, 0.717) is 28.4 Å².